The minimum absolute atomic E-state index is 0.379. The molecule has 3 unspecified atom stereocenters. The zero-order valence-corrected chi connectivity index (χ0v) is 12.4. The lowest BCUT2D eigenvalue weighted by atomic mass is 9.79. The molecule has 2 rings (SSSR count). The van der Waals surface area contributed by atoms with Crippen molar-refractivity contribution in [1.82, 2.24) is 5.32 Å². The highest BCUT2D eigenvalue weighted by Gasteiger charge is 2.26. The molecule has 0 spiro atoms. The predicted octanol–water partition coefficient (Wildman–Crippen LogP) is 4.82. The summed E-state index contributed by atoms with van der Waals surface area (Å²) in [5.41, 5.74) is 1.29. The van der Waals surface area contributed by atoms with E-state index in [1.54, 1.807) is 0 Å². The first kappa shape index (κ1) is 13.9. The molecule has 100 valence electrons. The van der Waals surface area contributed by atoms with Crippen LogP contribution in [0.1, 0.15) is 51.6 Å². The predicted molar refractivity (Wildman–Crippen MR) is 79.0 cm³/mol. The lowest BCUT2D eigenvalue weighted by Gasteiger charge is -2.35. The standard InChI is InChI=1S/C16H24ClN/c1-11-7-8-16(12(2)9-11)18-13(3)14-5-4-6-15(17)10-14/h4-6,10-13,16,18H,7-9H2,1-3H3/t11?,12?,13-,16?/m0/s1. The maximum atomic E-state index is 6.05. The number of hydrogen-bond acceptors (Lipinski definition) is 1. The number of halogens is 1. The van der Waals surface area contributed by atoms with Gasteiger partial charge in [-0.25, -0.2) is 0 Å². The summed E-state index contributed by atoms with van der Waals surface area (Å²) in [6.07, 6.45) is 4.00. The topological polar surface area (TPSA) is 12.0 Å². The summed E-state index contributed by atoms with van der Waals surface area (Å²) >= 11 is 6.05. The van der Waals surface area contributed by atoms with Gasteiger partial charge in [0.15, 0.2) is 0 Å². The van der Waals surface area contributed by atoms with Gasteiger partial charge >= 0.3 is 0 Å². The maximum Gasteiger partial charge on any atom is 0.0409 e. The molecule has 0 radical (unpaired) electrons. The second-order valence-electron chi connectivity index (χ2n) is 5.95. The highest BCUT2D eigenvalue weighted by atomic mass is 35.5. The molecule has 18 heavy (non-hydrogen) atoms. The van der Waals surface area contributed by atoms with Crippen LogP contribution in [-0.4, -0.2) is 6.04 Å². The van der Waals surface area contributed by atoms with Crippen molar-refractivity contribution in [2.24, 2.45) is 11.8 Å². The van der Waals surface area contributed by atoms with Crippen LogP contribution >= 0.6 is 11.6 Å². The van der Waals surface area contributed by atoms with E-state index < -0.39 is 0 Å². The molecule has 1 aliphatic rings. The van der Waals surface area contributed by atoms with E-state index in [-0.39, 0.29) is 0 Å². The van der Waals surface area contributed by atoms with Crippen molar-refractivity contribution in [2.45, 2.75) is 52.1 Å². The van der Waals surface area contributed by atoms with Crippen LogP contribution in [0.4, 0.5) is 0 Å². The Kier molecular flexibility index (Phi) is 4.69. The van der Waals surface area contributed by atoms with Crippen LogP contribution in [0, 0.1) is 11.8 Å². The van der Waals surface area contributed by atoms with Crippen LogP contribution in [0.3, 0.4) is 0 Å². The SMILES string of the molecule is CC1CCC(N[C@@H](C)c2cccc(Cl)c2)C(C)C1. The van der Waals surface area contributed by atoms with E-state index in [4.69, 9.17) is 11.6 Å². The quantitative estimate of drug-likeness (QED) is 0.827. The summed E-state index contributed by atoms with van der Waals surface area (Å²) in [6.45, 7) is 6.97. The third-order valence-electron chi connectivity index (χ3n) is 4.24. The Labute approximate surface area is 116 Å². The Morgan fingerprint density at radius 1 is 1.28 bits per heavy atom. The Morgan fingerprint density at radius 2 is 2.06 bits per heavy atom. The van der Waals surface area contributed by atoms with Crippen molar-refractivity contribution < 1.29 is 0 Å². The maximum absolute atomic E-state index is 6.05. The summed E-state index contributed by atoms with van der Waals surface area (Å²) in [5, 5.41) is 4.60. The van der Waals surface area contributed by atoms with Gasteiger partial charge in [-0.1, -0.05) is 37.6 Å². The second-order valence-corrected chi connectivity index (χ2v) is 6.38. The first-order valence-electron chi connectivity index (χ1n) is 7.07. The summed E-state index contributed by atoms with van der Waals surface area (Å²) in [6, 6.07) is 9.21. The number of benzene rings is 1. The number of nitrogens with one attached hydrogen (secondary N) is 1. The highest BCUT2D eigenvalue weighted by Crippen LogP contribution is 2.30. The molecule has 0 saturated heterocycles. The number of hydrogen-bond donors (Lipinski definition) is 1. The molecular weight excluding hydrogens is 242 g/mol. The zero-order chi connectivity index (χ0) is 13.1. The highest BCUT2D eigenvalue weighted by molar-refractivity contribution is 6.30. The molecule has 0 aliphatic heterocycles. The fourth-order valence-electron chi connectivity index (χ4n) is 3.11. The van der Waals surface area contributed by atoms with Gasteiger partial charge in [0.1, 0.15) is 0 Å². The molecule has 0 amide bonds. The molecule has 1 aromatic carbocycles. The summed E-state index contributed by atoms with van der Waals surface area (Å²) < 4.78 is 0. The van der Waals surface area contributed by atoms with Crippen LogP contribution in [0.5, 0.6) is 0 Å². The summed E-state index contributed by atoms with van der Waals surface area (Å²) in [5.74, 6) is 1.66. The van der Waals surface area contributed by atoms with Gasteiger partial charge < -0.3 is 5.32 Å². The molecule has 1 N–H and O–H groups in total. The van der Waals surface area contributed by atoms with E-state index in [1.165, 1.54) is 24.8 Å². The van der Waals surface area contributed by atoms with Gasteiger partial charge in [-0.2, -0.15) is 0 Å². The van der Waals surface area contributed by atoms with E-state index in [0.717, 1.165) is 16.9 Å². The van der Waals surface area contributed by atoms with Gasteiger partial charge in [-0.05, 0) is 55.7 Å². The molecule has 0 aromatic heterocycles. The fraction of sp³-hybridized carbons (Fsp3) is 0.625. The molecule has 1 fully saturated rings. The van der Waals surface area contributed by atoms with Gasteiger partial charge in [0.25, 0.3) is 0 Å². The van der Waals surface area contributed by atoms with Gasteiger partial charge in [0.2, 0.25) is 0 Å². The van der Waals surface area contributed by atoms with Crippen molar-refractivity contribution in [3.8, 4) is 0 Å². The molecule has 2 heteroatoms. The van der Waals surface area contributed by atoms with Crippen molar-refractivity contribution in [3.63, 3.8) is 0 Å². The second kappa shape index (κ2) is 6.08. The van der Waals surface area contributed by atoms with Crippen LogP contribution < -0.4 is 5.32 Å². The fourth-order valence-corrected chi connectivity index (χ4v) is 3.30. The van der Waals surface area contributed by atoms with Crippen LogP contribution in [0.2, 0.25) is 5.02 Å². The summed E-state index contributed by atoms with van der Waals surface area (Å²) in [4.78, 5) is 0. The van der Waals surface area contributed by atoms with E-state index in [2.05, 4.69) is 38.2 Å². The van der Waals surface area contributed by atoms with Crippen molar-refractivity contribution in [3.05, 3.63) is 34.9 Å². The summed E-state index contributed by atoms with van der Waals surface area (Å²) in [7, 11) is 0. The van der Waals surface area contributed by atoms with Gasteiger partial charge in [-0.15, -0.1) is 0 Å². The molecule has 0 bridgehead atoms. The lowest BCUT2D eigenvalue weighted by Crippen LogP contribution is -2.40. The van der Waals surface area contributed by atoms with E-state index in [9.17, 15) is 0 Å². The Bertz CT molecular complexity index is 390. The molecule has 1 aromatic rings. The third kappa shape index (κ3) is 3.49. The van der Waals surface area contributed by atoms with Gasteiger partial charge in [-0.3, -0.25) is 0 Å². The largest absolute Gasteiger partial charge is 0.307 e. The Hall–Kier alpha value is -0.530. The average Bonchev–Trinajstić information content (AvgIpc) is 2.32. The van der Waals surface area contributed by atoms with E-state index in [1.807, 2.05) is 12.1 Å². The van der Waals surface area contributed by atoms with Crippen molar-refractivity contribution in [1.29, 1.82) is 0 Å². The molecule has 4 atom stereocenters. The number of rotatable bonds is 3. The molecule has 1 saturated carbocycles. The smallest absolute Gasteiger partial charge is 0.0409 e. The van der Waals surface area contributed by atoms with E-state index in [0.29, 0.717) is 12.1 Å². The van der Waals surface area contributed by atoms with Crippen LogP contribution in [-0.2, 0) is 0 Å². The van der Waals surface area contributed by atoms with Crippen molar-refractivity contribution >= 4 is 11.6 Å². The lowest BCUT2D eigenvalue weighted by molar-refractivity contribution is 0.216. The molecule has 1 aliphatic carbocycles. The minimum Gasteiger partial charge on any atom is -0.307 e. The van der Waals surface area contributed by atoms with Crippen LogP contribution in [0.25, 0.3) is 0 Å². The normalized spacial score (nSPS) is 30.1. The van der Waals surface area contributed by atoms with E-state index >= 15 is 0 Å². The molecular formula is C16H24ClN. The minimum atomic E-state index is 0.379. The Balaban J connectivity index is 1.97. The molecule has 0 heterocycles. The van der Waals surface area contributed by atoms with Gasteiger partial charge in [0, 0.05) is 17.1 Å². The van der Waals surface area contributed by atoms with Crippen molar-refractivity contribution in [2.75, 3.05) is 0 Å². The van der Waals surface area contributed by atoms with Gasteiger partial charge in [0.05, 0.1) is 0 Å². The van der Waals surface area contributed by atoms with Crippen LogP contribution in [0.15, 0.2) is 24.3 Å². The monoisotopic (exact) mass is 265 g/mol. The average molecular weight is 266 g/mol. The zero-order valence-electron chi connectivity index (χ0n) is 11.6. The Morgan fingerprint density at radius 3 is 2.72 bits per heavy atom. The molecule has 1 nitrogen and oxygen atoms in total. The first-order chi connectivity index (χ1) is 8.56. The third-order valence-corrected chi connectivity index (χ3v) is 4.48. The first-order valence-corrected chi connectivity index (χ1v) is 7.45.